The van der Waals surface area contributed by atoms with Gasteiger partial charge >= 0.3 is 0 Å². The normalized spacial score (nSPS) is 20.4. The lowest BCUT2D eigenvalue weighted by Crippen LogP contribution is -2.57. The minimum Gasteiger partial charge on any atom is -0.494 e. The largest absolute Gasteiger partial charge is 0.494 e. The highest BCUT2D eigenvalue weighted by molar-refractivity contribution is 5.36. The van der Waals surface area contributed by atoms with Crippen LogP contribution in [0.5, 0.6) is 11.8 Å². The molecule has 1 saturated heterocycles. The molecule has 1 aromatic rings. The van der Waals surface area contributed by atoms with Crippen molar-refractivity contribution in [2.24, 2.45) is 0 Å². The average molecular weight is 349 g/mol. The van der Waals surface area contributed by atoms with Crippen molar-refractivity contribution in [3.8, 4) is 11.8 Å². The van der Waals surface area contributed by atoms with E-state index in [1.54, 1.807) is 10.6 Å². The molecule has 2 heterocycles. The molecule has 1 aromatic heterocycles. The second kappa shape index (κ2) is 7.86. The lowest BCUT2D eigenvalue weighted by Gasteiger charge is -2.47. The van der Waals surface area contributed by atoms with Crippen molar-refractivity contribution in [1.29, 1.82) is 0 Å². The highest BCUT2D eigenvalue weighted by atomic mass is 16.3. The number of nitrogens with one attached hydrogen (secondary N) is 1. The number of hydrogen-bond acceptors (Lipinski definition) is 3. The molecule has 0 aromatic carbocycles. The van der Waals surface area contributed by atoms with Crippen molar-refractivity contribution in [2.45, 2.75) is 96.7 Å². The van der Waals surface area contributed by atoms with Gasteiger partial charge in [-0.3, -0.25) is 4.57 Å². The molecular formula is C21H36N2O2. The second-order valence-electron chi connectivity index (χ2n) is 8.83. The Balaban J connectivity index is 2.09. The fourth-order valence-electron chi connectivity index (χ4n) is 4.34. The number of unbranched alkanes of at least 4 members (excludes halogenated alkanes) is 2. The first-order valence-electron chi connectivity index (χ1n) is 9.71. The van der Waals surface area contributed by atoms with Crippen LogP contribution in [0.3, 0.4) is 0 Å². The van der Waals surface area contributed by atoms with Gasteiger partial charge in [0.2, 0.25) is 0 Å². The number of aromatic hydroxyl groups is 2. The van der Waals surface area contributed by atoms with Crippen molar-refractivity contribution >= 4 is 0 Å². The number of hydrogen-bond donors (Lipinski definition) is 3. The van der Waals surface area contributed by atoms with Crippen LogP contribution in [0.1, 0.15) is 84.7 Å². The maximum atomic E-state index is 10.7. The summed E-state index contributed by atoms with van der Waals surface area (Å²) in [5.74, 6) is 0.416. The highest BCUT2D eigenvalue weighted by Crippen LogP contribution is 2.42. The van der Waals surface area contributed by atoms with Crippen LogP contribution in [0.15, 0.2) is 18.2 Å². The highest BCUT2D eigenvalue weighted by Gasteiger charge is 2.39. The Labute approximate surface area is 152 Å². The molecule has 1 aliphatic rings. The predicted molar refractivity (Wildman–Crippen MR) is 104 cm³/mol. The van der Waals surface area contributed by atoms with E-state index in [9.17, 15) is 10.2 Å². The Kier molecular flexibility index (Phi) is 6.26. The fraction of sp³-hybridized carbons (Fsp3) is 0.714. The van der Waals surface area contributed by atoms with Crippen molar-refractivity contribution < 1.29 is 10.2 Å². The Bertz CT molecular complexity index is 583. The summed E-state index contributed by atoms with van der Waals surface area (Å²) in [5, 5.41) is 24.8. The van der Waals surface area contributed by atoms with E-state index in [2.05, 4.69) is 52.1 Å². The quantitative estimate of drug-likeness (QED) is 0.477. The topological polar surface area (TPSA) is 57.4 Å². The van der Waals surface area contributed by atoms with E-state index in [1.165, 1.54) is 12.8 Å². The number of aromatic nitrogens is 1. The molecule has 3 N–H and O–H groups in total. The van der Waals surface area contributed by atoms with Crippen LogP contribution < -0.4 is 5.32 Å². The predicted octanol–water partition coefficient (Wildman–Crippen LogP) is 5.06. The molecule has 2 rings (SSSR count). The van der Waals surface area contributed by atoms with Gasteiger partial charge in [0, 0.05) is 28.7 Å². The molecule has 0 bridgehead atoms. The van der Waals surface area contributed by atoms with E-state index in [-0.39, 0.29) is 28.9 Å². The van der Waals surface area contributed by atoms with Crippen LogP contribution in [-0.4, -0.2) is 25.9 Å². The summed E-state index contributed by atoms with van der Waals surface area (Å²) >= 11 is 0. The van der Waals surface area contributed by atoms with Gasteiger partial charge < -0.3 is 15.5 Å². The van der Waals surface area contributed by atoms with E-state index in [0.717, 1.165) is 37.7 Å². The molecule has 0 unspecified atom stereocenters. The summed E-state index contributed by atoms with van der Waals surface area (Å²) in [4.78, 5) is 0. The van der Waals surface area contributed by atoms with Gasteiger partial charge in [0.15, 0.2) is 11.8 Å². The van der Waals surface area contributed by atoms with Crippen LogP contribution in [0.4, 0.5) is 0 Å². The molecule has 4 nitrogen and oxygen atoms in total. The average Bonchev–Trinajstić information content (AvgIpc) is 2.74. The molecule has 25 heavy (non-hydrogen) atoms. The SMILES string of the molecule is CCCCC=CCCc1cc(O)n(C2CC(C)(C)NC(C)(C)C2)c1O. The van der Waals surface area contributed by atoms with Crippen LogP contribution in [-0.2, 0) is 6.42 Å². The molecular weight excluding hydrogens is 312 g/mol. The van der Waals surface area contributed by atoms with Gasteiger partial charge in [-0.1, -0.05) is 31.9 Å². The van der Waals surface area contributed by atoms with E-state index in [4.69, 9.17) is 0 Å². The van der Waals surface area contributed by atoms with Gasteiger partial charge in [-0.2, -0.15) is 0 Å². The van der Waals surface area contributed by atoms with Gasteiger partial charge in [0.05, 0.1) is 0 Å². The summed E-state index contributed by atoms with van der Waals surface area (Å²) in [5.41, 5.74) is 0.780. The molecule has 1 fully saturated rings. The molecule has 0 amide bonds. The molecule has 4 heteroatoms. The summed E-state index contributed by atoms with van der Waals surface area (Å²) in [7, 11) is 0. The van der Waals surface area contributed by atoms with Crippen LogP contribution in [0.25, 0.3) is 0 Å². The Hall–Kier alpha value is -1.42. The third-order valence-corrected chi connectivity index (χ3v) is 5.07. The summed E-state index contributed by atoms with van der Waals surface area (Å²) < 4.78 is 1.74. The van der Waals surface area contributed by atoms with E-state index in [0.29, 0.717) is 0 Å². The van der Waals surface area contributed by atoms with Crippen LogP contribution in [0.2, 0.25) is 0 Å². The monoisotopic (exact) mass is 348 g/mol. The first kappa shape index (κ1) is 19.9. The smallest absolute Gasteiger partial charge is 0.197 e. The van der Waals surface area contributed by atoms with Gasteiger partial charge in [-0.05, 0) is 59.8 Å². The van der Waals surface area contributed by atoms with Gasteiger partial charge in [-0.25, -0.2) is 0 Å². The maximum Gasteiger partial charge on any atom is 0.197 e. The second-order valence-corrected chi connectivity index (χ2v) is 8.83. The molecule has 0 aliphatic carbocycles. The Morgan fingerprint density at radius 1 is 1.12 bits per heavy atom. The van der Waals surface area contributed by atoms with Gasteiger partial charge in [0.1, 0.15) is 0 Å². The molecule has 1 aliphatic heterocycles. The van der Waals surface area contributed by atoms with Gasteiger partial charge in [-0.15, -0.1) is 0 Å². The summed E-state index contributed by atoms with van der Waals surface area (Å²) in [6.45, 7) is 10.9. The van der Waals surface area contributed by atoms with Crippen molar-refractivity contribution in [1.82, 2.24) is 9.88 Å². The number of rotatable bonds is 7. The van der Waals surface area contributed by atoms with E-state index < -0.39 is 0 Å². The first-order valence-corrected chi connectivity index (χ1v) is 9.71. The zero-order chi connectivity index (χ0) is 18.7. The third-order valence-electron chi connectivity index (χ3n) is 5.07. The Morgan fingerprint density at radius 3 is 2.32 bits per heavy atom. The molecule has 0 saturated carbocycles. The zero-order valence-corrected chi connectivity index (χ0v) is 16.6. The van der Waals surface area contributed by atoms with E-state index in [1.807, 2.05) is 0 Å². The standard InChI is InChI=1S/C21H36N2O2/c1-6-7-8-9-10-11-12-16-13-18(24)23(19(16)25)17-14-20(2,3)22-21(4,5)15-17/h9-10,13,17,22,24-25H,6-8,11-12,14-15H2,1-5H3. The van der Waals surface area contributed by atoms with Crippen LogP contribution >= 0.6 is 0 Å². The molecule has 0 radical (unpaired) electrons. The summed E-state index contributed by atoms with van der Waals surface area (Å²) in [6.07, 6.45) is 11.4. The molecule has 142 valence electrons. The third kappa shape index (κ3) is 5.27. The minimum absolute atomic E-state index is 0.0300. The lowest BCUT2D eigenvalue weighted by atomic mass is 9.79. The Morgan fingerprint density at radius 2 is 1.72 bits per heavy atom. The van der Waals surface area contributed by atoms with Crippen molar-refractivity contribution in [3.05, 3.63) is 23.8 Å². The summed E-state index contributed by atoms with van der Waals surface area (Å²) in [6, 6.07) is 1.83. The zero-order valence-electron chi connectivity index (χ0n) is 16.6. The first-order chi connectivity index (χ1) is 11.7. The fourth-order valence-corrected chi connectivity index (χ4v) is 4.34. The van der Waals surface area contributed by atoms with Crippen molar-refractivity contribution in [2.75, 3.05) is 0 Å². The molecule has 0 atom stereocenters. The minimum atomic E-state index is -0.0300. The number of piperidine rings is 1. The van der Waals surface area contributed by atoms with Crippen molar-refractivity contribution in [3.63, 3.8) is 0 Å². The van der Waals surface area contributed by atoms with Gasteiger partial charge in [0.25, 0.3) is 0 Å². The lowest BCUT2D eigenvalue weighted by molar-refractivity contribution is 0.123. The number of aryl methyl sites for hydroxylation is 1. The van der Waals surface area contributed by atoms with Crippen LogP contribution in [0, 0.1) is 0 Å². The maximum absolute atomic E-state index is 10.7. The molecule has 0 spiro atoms. The van der Waals surface area contributed by atoms with E-state index >= 15 is 0 Å². The number of allylic oxidation sites excluding steroid dienone is 2. The number of nitrogens with zero attached hydrogens (tertiary/aromatic N) is 1.